The first-order valence-electron chi connectivity index (χ1n) is 6.53. The normalized spacial score (nSPS) is 12.4. The maximum atomic E-state index is 13.5. The fraction of sp³-hybridized carbons (Fsp3) is 0.250. The van der Waals surface area contributed by atoms with Crippen molar-refractivity contribution in [3.05, 3.63) is 71.0 Å². The summed E-state index contributed by atoms with van der Waals surface area (Å²) in [6.07, 6.45) is 0.815. The molecule has 0 aliphatic heterocycles. The maximum absolute atomic E-state index is 13.5. The maximum Gasteiger partial charge on any atom is 0.161 e. The van der Waals surface area contributed by atoms with Gasteiger partial charge in [-0.1, -0.05) is 37.3 Å². The van der Waals surface area contributed by atoms with E-state index in [0.29, 0.717) is 6.07 Å². The molecule has 0 aliphatic rings. The van der Waals surface area contributed by atoms with Crippen molar-refractivity contribution < 1.29 is 13.2 Å². The van der Waals surface area contributed by atoms with E-state index in [4.69, 9.17) is 0 Å². The molecule has 0 radical (unpaired) electrons. The summed E-state index contributed by atoms with van der Waals surface area (Å²) in [5.41, 5.74) is 1.20. The SMILES string of the molecule is CCC(NCc1cc(F)c(F)cc1F)c1ccccc1. The highest BCUT2D eigenvalue weighted by molar-refractivity contribution is 5.22. The second-order valence-electron chi connectivity index (χ2n) is 4.61. The summed E-state index contributed by atoms with van der Waals surface area (Å²) in [5.74, 6) is -2.93. The second kappa shape index (κ2) is 6.57. The predicted octanol–water partition coefficient (Wildman–Crippen LogP) is 4.34. The molecule has 0 amide bonds. The Hall–Kier alpha value is -1.81. The minimum atomic E-state index is -1.17. The zero-order valence-corrected chi connectivity index (χ0v) is 11.2. The Morgan fingerprint density at radius 2 is 1.60 bits per heavy atom. The molecule has 0 aliphatic carbocycles. The zero-order chi connectivity index (χ0) is 14.5. The summed E-state index contributed by atoms with van der Waals surface area (Å²) in [5, 5.41) is 3.16. The minimum Gasteiger partial charge on any atom is -0.306 e. The molecule has 0 heterocycles. The zero-order valence-electron chi connectivity index (χ0n) is 11.2. The summed E-state index contributed by atoms with van der Waals surface area (Å²) >= 11 is 0. The number of nitrogens with one attached hydrogen (secondary N) is 1. The monoisotopic (exact) mass is 279 g/mol. The molecule has 0 aromatic heterocycles. The van der Waals surface area contributed by atoms with Gasteiger partial charge in [-0.05, 0) is 18.1 Å². The average Bonchev–Trinajstić information content (AvgIpc) is 2.46. The van der Waals surface area contributed by atoms with Gasteiger partial charge in [0.1, 0.15) is 5.82 Å². The van der Waals surface area contributed by atoms with Gasteiger partial charge in [0.15, 0.2) is 11.6 Å². The van der Waals surface area contributed by atoms with Crippen molar-refractivity contribution in [2.45, 2.75) is 25.9 Å². The lowest BCUT2D eigenvalue weighted by Crippen LogP contribution is -2.21. The van der Waals surface area contributed by atoms with Gasteiger partial charge in [-0.15, -0.1) is 0 Å². The quantitative estimate of drug-likeness (QED) is 0.803. The molecule has 0 fully saturated rings. The Morgan fingerprint density at radius 1 is 0.950 bits per heavy atom. The van der Waals surface area contributed by atoms with E-state index in [1.54, 1.807) is 0 Å². The van der Waals surface area contributed by atoms with Crippen molar-refractivity contribution in [1.29, 1.82) is 0 Å². The van der Waals surface area contributed by atoms with Crippen molar-refractivity contribution in [3.8, 4) is 0 Å². The van der Waals surface area contributed by atoms with Crippen LogP contribution in [0.1, 0.15) is 30.5 Å². The fourth-order valence-corrected chi connectivity index (χ4v) is 2.12. The van der Waals surface area contributed by atoms with Gasteiger partial charge in [0.2, 0.25) is 0 Å². The van der Waals surface area contributed by atoms with Gasteiger partial charge in [0.05, 0.1) is 0 Å². The summed E-state index contributed by atoms with van der Waals surface area (Å²) < 4.78 is 39.5. The predicted molar refractivity (Wildman–Crippen MR) is 72.6 cm³/mol. The number of halogens is 3. The van der Waals surface area contributed by atoms with Crippen molar-refractivity contribution in [2.75, 3.05) is 0 Å². The lowest BCUT2D eigenvalue weighted by molar-refractivity contribution is 0.474. The Balaban J connectivity index is 2.09. The van der Waals surface area contributed by atoms with E-state index in [9.17, 15) is 13.2 Å². The third kappa shape index (κ3) is 3.39. The highest BCUT2D eigenvalue weighted by Crippen LogP contribution is 2.18. The standard InChI is InChI=1S/C16H16F3N/c1-2-16(11-6-4-3-5-7-11)20-10-12-8-14(18)15(19)9-13(12)17/h3-9,16,20H,2,10H2,1H3. The molecule has 2 aromatic carbocycles. The van der Waals surface area contributed by atoms with Crippen LogP contribution in [0.15, 0.2) is 42.5 Å². The van der Waals surface area contributed by atoms with Crippen LogP contribution in [0.4, 0.5) is 13.2 Å². The highest BCUT2D eigenvalue weighted by Gasteiger charge is 2.12. The lowest BCUT2D eigenvalue weighted by Gasteiger charge is -2.17. The van der Waals surface area contributed by atoms with Crippen LogP contribution >= 0.6 is 0 Å². The molecule has 1 nitrogen and oxygen atoms in total. The molecular formula is C16H16F3N. The number of hydrogen-bond acceptors (Lipinski definition) is 1. The second-order valence-corrected chi connectivity index (χ2v) is 4.61. The van der Waals surface area contributed by atoms with E-state index in [1.165, 1.54) is 0 Å². The number of hydrogen-bond donors (Lipinski definition) is 1. The first-order chi connectivity index (χ1) is 9.61. The molecule has 2 rings (SSSR count). The molecule has 4 heteroatoms. The van der Waals surface area contributed by atoms with Gasteiger partial charge < -0.3 is 5.32 Å². The van der Waals surface area contributed by atoms with Crippen LogP contribution in [-0.2, 0) is 6.54 Å². The summed E-state index contributed by atoms with van der Waals surface area (Å²) in [4.78, 5) is 0. The summed E-state index contributed by atoms with van der Waals surface area (Å²) in [7, 11) is 0. The molecule has 0 saturated carbocycles. The van der Waals surface area contributed by atoms with E-state index < -0.39 is 17.5 Å². The number of benzene rings is 2. The van der Waals surface area contributed by atoms with Gasteiger partial charge in [0, 0.05) is 24.2 Å². The van der Waals surface area contributed by atoms with Crippen molar-refractivity contribution in [3.63, 3.8) is 0 Å². The molecule has 20 heavy (non-hydrogen) atoms. The Labute approximate surface area is 116 Å². The molecule has 0 spiro atoms. The third-order valence-corrected chi connectivity index (χ3v) is 3.24. The Morgan fingerprint density at radius 3 is 2.25 bits per heavy atom. The van der Waals surface area contributed by atoms with Crippen LogP contribution in [0.2, 0.25) is 0 Å². The van der Waals surface area contributed by atoms with Crippen LogP contribution in [-0.4, -0.2) is 0 Å². The van der Waals surface area contributed by atoms with Crippen molar-refractivity contribution >= 4 is 0 Å². The molecule has 1 unspecified atom stereocenters. The Bertz CT molecular complexity index is 569. The fourth-order valence-electron chi connectivity index (χ4n) is 2.12. The van der Waals surface area contributed by atoms with Gasteiger partial charge in [0.25, 0.3) is 0 Å². The molecule has 2 aromatic rings. The summed E-state index contributed by atoms with van der Waals surface area (Å²) in [6.45, 7) is 2.16. The van der Waals surface area contributed by atoms with Crippen LogP contribution in [0.5, 0.6) is 0 Å². The van der Waals surface area contributed by atoms with Crippen LogP contribution in [0, 0.1) is 17.5 Å². The van der Waals surface area contributed by atoms with Gasteiger partial charge in [-0.3, -0.25) is 0 Å². The topological polar surface area (TPSA) is 12.0 Å². The summed E-state index contributed by atoms with van der Waals surface area (Å²) in [6, 6.07) is 11.3. The van der Waals surface area contributed by atoms with E-state index in [-0.39, 0.29) is 18.2 Å². The van der Waals surface area contributed by atoms with Crippen LogP contribution in [0.3, 0.4) is 0 Å². The molecule has 0 bridgehead atoms. The van der Waals surface area contributed by atoms with E-state index in [0.717, 1.165) is 18.1 Å². The Kier molecular flexibility index (Phi) is 4.79. The van der Waals surface area contributed by atoms with Gasteiger partial charge in [-0.2, -0.15) is 0 Å². The van der Waals surface area contributed by atoms with Gasteiger partial charge in [-0.25, -0.2) is 13.2 Å². The van der Waals surface area contributed by atoms with Crippen LogP contribution < -0.4 is 5.32 Å². The lowest BCUT2D eigenvalue weighted by atomic mass is 10.0. The molecule has 0 saturated heterocycles. The molecular weight excluding hydrogens is 263 g/mol. The molecule has 106 valence electrons. The van der Waals surface area contributed by atoms with Crippen molar-refractivity contribution in [2.24, 2.45) is 0 Å². The number of rotatable bonds is 5. The first-order valence-corrected chi connectivity index (χ1v) is 6.53. The molecule has 1 N–H and O–H groups in total. The highest BCUT2D eigenvalue weighted by atomic mass is 19.2. The smallest absolute Gasteiger partial charge is 0.161 e. The van der Waals surface area contributed by atoms with Crippen LogP contribution in [0.25, 0.3) is 0 Å². The third-order valence-electron chi connectivity index (χ3n) is 3.24. The average molecular weight is 279 g/mol. The first kappa shape index (κ1) is 14.6. The van der Waals surface area contributed by atoms with Gasteiger partial charge >= 0.3 is 0 Å². The van der Waals surface area contributed by atoms with E-state index in [2.05, 4.69) is 5.32 Å². The van der Waals surface area contributed by atoms with E-state index in [1.807, 2.05) is 37.3 Å². The van der Waals surface area contributed by atoms with Crippen molar-refractivity contribution in [1.82, 2.24) is 5.32 Å². The van der Waals surface area contributed by atoms with E-state index >= 15 is 0 Å². The largest absolute Gasteiger partial charge is 0.306 e. The molecule has 1 atom stereocenters. The minimum absolute atomic E-state index is 0.0451.